The Morgan fingerprint density at radius 2 is 2.06 bits per heavy atom. The number of alkyl halides is 1. The molecule has 2 heterocycles. The van der Waals surface area contributed by atoms with Crippen molar-refractivity contribution in [3.05, 3.63) is 53.6 Å². The van der Waals surface area contributed by atoms with Crippen molar-refractivity contribution in [3.8, 4) is 6.01 Å². The van der Waals surface area contributed by atoms with E-state index in [4.69, 9.17) is 10.5 Å². The topological polar surface area (TPSA) is 98.4 Å². The second-order valence-electron chi connectivity index (χ2n) is 9.17. The Hall–Kier alpha value is -3.10. The third kappa shape index (κ3) is 3.59. The maximum absolute atomic E-state index is 14.3. The highest BCUT2D eigenvalue weighted by atomic mass is 19.1. The molecular formula is C23H24F2N4O3. The Bertz CT molecular complexity index is 1060. The van der Waals surface area contributed by atoms with Crippen LogP contribution in [-0.4, -0.2) is 46.0 Å². The zero-order chi connectivity index (χ0) is 22.5. The smallest absolute Gasteiger partial charge is 0.317 e. The van der Waals surface area contributed by atoms with Gasteiger partial charge in [0.05, 0.1) is 24.6 Å². The van der Waals surface area contributed by atoms with Crippen LogP contribution in [0.3, 0.4) is 0 Å². The van der Waals surface area contributed by atoms with Gasteiger partial charge in [0.15, 0.2) is 0 Å². The van der Waals surface area contributed by atoms with E-state index < -0.39 is 23.5 Å². The monoisotopic (exact) mass is 442 g/mol. The van der Waals surface area contributed by atoms with E-state index in [1.807, 2.05) is 0 Å². The van der Waals surface area contributed by atoms with Gasteiger partial charge in [-0.3, -0.25) is 9.59 Å². The van der Waals surface area contributed by atoms with Gasteiger partial charge in [-0.2, -0.15) is 4.98 Å². The van der Waals surface area contributed by atoms with Crippen LogP contribution in [0.25, 0.3) is 0 Å². The number of hydrogen-bond donors (Lipinski definition) is 1. The third-order valence-corrected chi connectivity index (χ3v) is 7.14. The third-order valence-electron chi connectivity index (χ3n) is 7.14. The molecule has 1 saturated heterocycles. The van der Waals surface area contributed by atoms with Crippen LogP contribution >= 0.6 is 0 Å². The number of likely N-dealkylation sites (tertiary alicyclic amines) is 1. The first-order valence-corrected chi connectivity index (χ1v) is 10.8. The van der Waals surface area contributed by atoms with Crippen LogP contribution in [0.2, 0.25) is 0 Å². The van der Waals surface area contributed by atoms with E-state index in [-0.39, 0.29) is 42.3 Å². The largest absolute Gasteiger partial charge is 0.463 e. The number of nitrogens with zero attached hydrogens (tertiary/aromatic N) is 3. The van der Waals surface area contributed by atoms with Crippen molar-refractivity contribution in [2.24, 2.45) is 23.0 Å². The molecule has 3 saturated carbocycles. The molecule has 4 aliphatic rings. The van der Waals surface area contributed by atoms with Gasteiger partial charge >= 0.3 is 6.01 Å². The fourth-order valence-electron chi connectivity index (χ4n) is 5.64. The predicted octanol–water partition coefficient (Wildman–Crippen LogP) is 2.82. The van der Waals surface area contributed by atoms with Gasteiger partial charge in [-0.1, -0.05) is 12.1 Å². The first-order valence-electron chi connectivity index (χ1n) is 10.8. The van der Waals surface area contributed by atoms with E-state index in [9.17, 15) is 18.4 Å². The number of nitrogens with two attached hydrogens (primary N) is 1. The SMILES string of the molecule is NC(=O)c1ccnc(OCC2CC3(C(=O)N4CC(F)CC4c4cccc(F)c4)CC2C3)n1. The summed E-state index contributed by atoms with van der Waals surface area (Å²) in [5, 5.41) is 0. The summed E-state index contributed by atoms with van der Waals surface area (Å²) < 4.78 is 33.7. The van der Waals surface area contributed by atoms with Crippen molar-refractivity contribution in [2.45, 2.75) is 37.9 Å². The van der Waals surface area contributed by atoms with Crippen LogP contribution in [-0.2, 0) is 4.79 Å². The number of halogens is 2. The maximum atomic E-state index is 14.3. The number of benzene rings is 1. The van der Waals surface area contributed by atoms with Crippen LogP contribution < -0.4 is 10.5 Å². The number of fused-ring (bicyclic) bond motifs is 1. The Balaban J connectivity index is 1.26. The summed E-state index contributed by atoms with van der Waals surface area (Å²) in [7, 11) is 0. The lowest BCUT2D eigenvalue weighted by molar-refractivity contribution is -0.147. The van der Waals surface area contributed by atoms with Crippen molar-refractivity contribution in [3.63, 3.8) is 0 Å². The number of aromatic nitrogens is 2. The number of amides is 2. The number of carbonyl (C=O) groups excluding carboxylic acids is 2. The Labute approximate surface area is 184 Å². The summed E-state index contributed by atoms with van der Waals surface area (Å²) in [6.45, 7) is 0.377. The van der Waals surface area contributed by atoms with E-state index in [0.717, 1.165) is 12.8 Å². The van der Waals surface area contributed by atoms with Gasteiger partial charge in [-0.25, -0.2) is 13.8 Å². The number of rotatable bonds is 6. The summed E-state index contributed by atoms with van der Waals surface area (Å²) in [5.41, 5.74) is 5.44. The Morgan fingerprint density at radius 1 is 1.25 bits per heavy atom. The first kappa shape index (κ1) is 20.8. The fourth-order valence-corrected chi connectivity index (χ4v) is 5.64. The minimum absolute atomic E-state index is 0.0430. The minimum Gasteiger partial charge on any atom is -0.463 e. The van der Waals surface area contributed by atoms with Gasteiger partial charge in [0.25, 0.3) is 5.91 Å². The van der Waals surface area contributed by atoms with E-state index in [1.165, 1.54) is 24.4 Å². The zero-order valence-electron chi connectivity index (χ0n) is 17.4. The van der Waals surface area contributed by atoms with Gasteiger partial charge in [0.2, 0.25) is 5.91 Å². The highest BCUT2D eigenvalue weighted by Crippen LogP contribution is 2.63. The molecule has 32 heavy (non-hydrogen) atoms. The van der Waals surface area contributed by atoms with Crippen LogP contribution in [0.5, 0.6) is 6.01 Å². The highest BCUT2D eigenvalue weighted by Gasteiger charge is 2.62. The second kappa shape index (κ2) is 7.79. The molecule has 2 bridgehead atoms. The first-order chi connectivity index (χ1) is 15.3. The Kier molecular flexibility index (Phi) is 5.06. The second-order valence-corrected chi connectivity index (χ2v) is 9.17. The fraction of sp³-hybridized carbons (Fsp3) is 0.478. The molecule has 9 heteroatoms. The van der Waals surface area contributed by atoms with Crippen molar-refractivity contribution in [2.75, 3.05) is 13.2 Å². The summed E-state index contributed by atoms with van der Waals surface area (Å²) in [4.78, 5) is 34.4. The van der Waals surface area contributed by atoms with Gasteiger partial charge < -0.3 is 15.4 Å². The molecule has 168 valence electrons. The average Bonchev–Trinajstić information content (AvgIpc) is 3.43. The molecule has 3 atom stereocenters. The Morgan fingerprint density at radius 3 is 2.81 bits per heavy atom. The van der Waals surface area contributed by atoms with Crippen LogP contribution in [0.1, 0.15) is 47.8 Å². The summed E-state index contributed by atoms with van der Waals surface area (Å²) >= 11 is 0. The van der Waals surface area contributed by atoms with E-state index in [2.05, 4.69) is 9.97 Å². The molecule has 2 amide bonds. The summed E-state index contributed by atoms with van der Waals surface area (Å²) in [6.07, 6.45) is 2.62. The number of primary amides is 1. The molecule has 0 spiro atoms. The number of hydrogen-bond acceptors (Lipinski definition) is 5. The van der Waals surface area contributed by atoms with Crippen molar-refractivity contribution < 1.29 is 23.1 Å². The molecule has 1 aliphatic heterocycles. The van der Waals surface area contributed by atoms with Crippen LogP contribution in [0.15, 0.2) is 36.5 Å². The van der Waals surface area contributed by atoms with Crippen LogP contribution in [0.4, 0.5) is 8.78 Å². The zero-order valence-corrected chi connectivity index (χ0v) is 17.4. The lowest BCUT2D eigenvalue weighted by atomic mass is 9.68. The lowest BCUT2D eigenvalue weighted by Gasteiger charge is -2.41. The highest BCUT2D eigenvalue weighted by molar-refractivity contribution is 5.90. The predicted molar refractivity (Wildman–Crippen MR) is 110 cm³/mol. The molecule has 4 fully saturated rings. The summed E-state index contributed by atoms with van der Waals surface area (Å²) in [5.74, 6) is -0.599. The molecule has 0 radical (unpaired) electrons. The molecule has 1 aromatic carbocycles. The molecular weight excluding hydrogens is 418 g/mol. The molecule has 3 aliphatic carbocycles. The van der Waals surface area contributed by atoms with E-state index in [0.29, 0.717) is 24.5 Å². The lowest BCUT2D eigenvalue weighted by Crippen LogP contribution is -2.46. The van der Waals surface area contributed by atoms with Crippen molar-refractivity contribution in [1.82, 2.24) is 14.9 Å². The van der Waals surface area contributed by atoms with Gasteiger partial charge in [0.1, 0.15) is 17.7 Å². The van der Waals surface area contributed by atoms with Crippen molar-refractivity contribution in [1.29, 1.82) is 0 Å². The van der Waals surface area contributed by atoms with Crippen molar-refractivity contribution >= 4 is 11.8 Å². The van der Waals surface area contributed by atoms with Gasteiger partial charge in [-0.15, -0.1) is 0 Å². The normalized spacial score (nSPS) is 30.8. The van der Waals surface area contributed by atoms with E-state index >= 15 is 0 Å². The minimum atomic E-state index is -1.12. The molecule has 6 rings (SSSR count). The number of carbonyl (C=O) groups is 2. The maximum Gasteiger partial charge on any atom is 0.317 e. The number of ether oxygens (including phenoxy) is 1. The molecule has 2 aromatic rings. The average molecular weight is 442 g/mol. The molecule has 3 unspecified atom stereocenters. The van der Waals surface area contributed by atoms with Gasteiger partial charge in [0, 0.05) is 12.6 Å². The molecule has 2 N–H and O–H groups in total. The quantitative estimate of drug-likeness (QED) is 0.742. The standard InChI is InChI=1S/C23H24F2N4O3/c24-16-3-1-2-13(6-16)19-7-17(25)11-29(19)21(31)23-8-14(9-23)15(10-23)12-32-22-27-5-4-18(28-22)20(26)30/h1-6,14-15,17,19H,7-12H2,(H2,26,30). The molecule has 7 nitrogen and oxygen atoms in total. The van der Waals surface area contributed by atoms with E-state index in [1.54, 1.807) is 17.0 Å². The summed E-state index contributed by atoms with van der Waals surface area (Å²) in [6, 6.07) is 7.12. The van der Waals surface area contributed by atoms with Crippen LogP contribution in [0, 0.1) is 23.1 Å². The molecule has 1 aromatic heterocycles. The van der Waals surface area contributed by atoms with Gasteiger partial charge in [-0.05, 0) is 54.9 Å².